The predicted molar refractivity (Wildman–Crippen MR) is 64.1 cm³/mol. The third-order valence-corrected chi connectivity index (χ3v) is 3.71. The van der Waals surface area contributed by atoms with Crippen LogP contribution in [0.3, 0.4) is 0 Å². The van der Waals surface area contributed by atoms with E-state index in [4.69, 9.17) is 0 Å². The van der Waals surface area contributed by atoms with E-state index in [2.05, 4.69) is 69.1 Å². The third kappa shape index (κ3) is 1.53. The number of halogens is 2. The quantitative estimate of drug-likeness (QED) is 0.663. The largest absolute Gasteiger partial charge is 0.0605 e. The van der Waals surface area contributed by atoms with Crippen LogP contribution in [0.4, 0.5) is 0 Å². The van der Waals surface area contributed by atoms with Crippen LogP contribution < -0.4 is 0 Å². The molecule has 0 saturated heterocycles. The molecule has 0 heterocycles. The fourth-order valence-corrected chi connectivity index (χ4v) is 2.49. The molecule has 0 aliphatic carbocycles. The molecule has 66 valence electrons. The maximum absolute atomic E-state index is 3.56. The van der Waals surface area contributed by atoms with Crippen molar-refractivity contribution in [3.05, 3.63) is 44.8 Å². The highest BCUT2D eigenvalue weighted by molar-refractivity contribution is 9.11. The van der Waals surface area contributed by atoms with Gasteiger partial charge in [-0.3, -0.25) is 0 Å². The summed E-state index contributed by atoms with van der Waals surface area (Å²) in [5.74, 6) is 0. The molecule has 0 N–H and O–H groups in total. The van der Waals surface area contributed by atoms with Gasteiger partial charge in [-0.15, -0.1) is 0 Å². The number of rotatable bonds is 0. The van der Waals surface area contributed by atoms with Crippen LogP contribution in [0.2, 0.25) is 0 Å². The fraction of sp³-hybridized carbons (Fsp3) is 0.0909. The summed E-state index contributed by atoms with van der Waals surface area (Å²) in [4.78, 5) is 0. The van der Waals surface area contributed by atoms with Crippen LogP contribution in [0.25, 0.3) is 10.8 Å². The third-order valence-electron chi connectivity index (χ3n) is 2.19. The van der Waals surface area contributed by atoms with Crippen molar-refractivity contribution in [2.75, 3.05) is 0 Å². The predicted octanol–water partition coefficient (Wildman–Crippen LogP) is 4.67. The molecule has 0 bridgehead atoms. The van der Waals surface area contributed by atoms with Gasteiger partial charge in [0, 0.05) is 8.95 Å². The van der Waals surface area contributed by atoms with Crippen molar-refractivity contribution in [2.24, 2.45) is 0 Å². The topological polar surface area (TPSA) is 0 Å². The Kier molecular flexibility index (Phi) is 2.43. The van der Waals surface area contributed by atoms with Crippen LogP contribution in [-0.4, -0.2) is 0 Å². The number of hydrogen-bond acceptors (Lipinski definition) is 0. The highest BCUT2D eigenvalue weighted by Gasteiger charge is 2.03. The summed E-state index contributed by atoms with van der Waals surface area (Å²) in [7, 11) is 0. The van der Waals surface area contributed by atoms with Gasteiger partial charge in [0.05, 0.1) is 0 Å². The van der Waals surface area contributed by atoms with E-state index < -0.39 is 0 Å². The number of fused-ring (bicyclic) bond motifs is 1. The van der Waals surface area contributed by atoms with Gasteiger partial charge < -0.3 is 0 Å². The molecule has 13 heavy (non-hydrogen) atoms. The number of hydrogen-bond donors (Lipinski definition) is 0. The smallest absolute Gasteiger partial charge is 0.0256 e. The zero-order valence-electron chi connectivity index (χ0n) is 7.14. The van der Waals surface area contributed by atoms with Crippen molar-refractivity contribution in [3.63, 3.8) is 0 Å². The maximum atomic E-state index is 3.56. The standard InChI is InChI=1S/C11H8Br2/c1-7-9(12)6-5-8-3-2-4-10(13)11(7)8/h2-6H,1H3. The fourth-order valence-electron chi connectivity index (χ4n) is 1.48. The van der Waals surface area contributed by atoms with E-state index in [0.29, 0.717) is 0 Å². The van der Waals surface area contributed by atoms with E-state index in [1.807, 2.05) is 0 Å². The van der Waals surface area contributed by atoms with Crippen molar-refractivity contribution < 1.29 is 0 Å². The van der Waals surface area contributed by atoms with Crippen LogP contribution in [0.5, 0.6) is 0 Å². The molecule has 2 aromatic rings. The molecule has 2 rings (SSSR count). The summed E-state index contributed by atoms with van der Waals surface area (Å²) in [6.45, 7) is 2.12. The minimum absolute atomic E-state index is 1.16. The second-order valence-electron chi connectivity index (χ2n) is 3.01. The van der Waals surface area contributed by atoms with Gasteiger partial charge in [0.1, 0.15) is 0 Å². The molecule has 0 aliphatic rings. The van der Waals surface area contributed by atoms with Crippen LogP contribution in [0.15, 0.2) is 39.3 Å². The summed E-state index contributed by atoms with van der Waals surface area (Å²) < 4.78 is 2.32. The molecule has 0 nitrogen and oxygen atoms in total. The zero-order valence-corrected chi connectivity index (χ0v) is 10.3. The Labute approximate surface area is 94.2 Å². The second-order valence-corrected chi connectivity index (χ2v) is 4.72. The molecule has 0 unspecified atom stereocenters. The maximum Gasteiger partial charge on any atom is 0.0256 e. The van der Waals surface area contributed by atoms with Crippen molar-refractivity contribution in [1.82, 2.24) is 0 Å². The van der Waals surface area contributed by atoms with Crippen molar-refractivity contribution in [1.29, 1.82) is 0 Å². The SMILES string of the molecule is Cc1c(Br)ccc2cccc(Br)c12. The lowest BCUT2D eigenvalue weighted by molar-refractivity contribution is 1.48. The lowest BCUT2D eigenvalue weighted by atomic mass is 10.1. The Hall–Kier alpha value is -0.340. The van der Waals surface area contributed by atoms with E-state index in [0.717, 1.165) is 8.95 Å². The summed E-state index contributed by atoms with van der Waals surface area (Å²) in [6, 6.07) is 10.5. The molecule has 0 aromatic heterocycles. The zero-order chi connectivity index (χ0) is 9.42. The summed E-state index contributed by atoms with van der Waals surface area (Å²) in [5.41, 5.74) is 1.28. The van der Waals surface area contributed by atoms with Gasteiger partial charge in [-0.25, -0.2) is 0 Å². The number of benzene rings is 2. The second kappa shape index (κ2) is 3.43. The van der Waals surface area contributed by atoms with Gasteiger partial charge in [-0.1, -0.05) is 50.1 Å². The van der Waals surface area contributed by atoms with E-state index in [9.17, 15) is 0 Å². The minimum atomic E-state index is 1.16. The Morgan fingerprint density at radius 3 is 2.46 bits per heavy atom. The lowest BCUT2D eigenvalue weighted by Crippen LogP contribution is -1.81. The van der Waals surface area contributed by atoms with Crippen molar-refractivity contribution in [2.45, 2.75) is 6.92 Å². The van der Waals surface area contributed by atoms with Gasteiger partial charge in [0.25, 0.3) is 0 Å². The molecular formula is C11H8Br2. The first-order valence-corrected chi connectivity index (χ1v) is 5.62. The van der Waals surface area contributed by atoms with E-state index in [1.165, 1.54) is 16.3 Å². The van der Waals surface area contributed by atoms with Gasteiger partial charge in [-0.05, 0) is 35.4 Å². The molecule has 0 aliphatic heterocycles. The first-order valence-electron chi connectivity index (χ1n) is 4.03. The molecule has 0 fully saturated rings. The lowest BCUT2D eigenvalue weighted by Gasteiger charge is -2.05. The Morgan fingerprint density at radius 2 is 1.69 bits per heavy atom. The average molecular weight is 300 g/mol. The minimum Gasteiger partial charge on any atom is -0.0605 e. The molecule has 0 radical (unpaired) electrons. The van der Waals surface area contributed by atoms with Gasteiger partial charge in [-0.2, -0.15) is 0 Å². The molecular weight excluding hydrogens is 292 g/mol. The Bertz CT molecular complexity index is 461. The van der Waals surface area contributed by atoms with Crippen LogP contribution in [0.1, 0.15) is 5.56 Å². The van der Waals surface area contributed by atoms with Gasteiger partial charge in [0.2, 0.25) is 0 Å². The highest BCUT2D eigenvalue weighted by atomic mass is 79.9. The summed E-state index contributed by atoms with van der Waals surface area (Å²) in [5, 5.41) is 2.56. The molecule has 0 saturated carbocycles. The van der Waals surface area contributed by atoms with E-state index in [-0.39, 0.29) is 0 Å². The van der Waals surface area contributed by atoms with Crippen molar-refractivity contribution >= 4 is 42.6 Å². The highest BCUT2D eigenvalue weighted by Crippen LogP contribution is 2.31. The van der Waals surface area contributed by atoms with Crippen molar-refractivity contribution in [3.8, 4) is 0 Å². The molecule has 2 heteroatoms. The molecule has 2 aromatic carbocycles. The first-order chi connectivity index (χ1) is 6.20. The Balaban J connectivity index is 2.97. The Morgan fingerprint density at radius 1 is 0.923 bits per heavy atom. The monoisotopic (exact) mass is 298 g/mol. The van der Waals surface area contributed by atoms with Crippen LogP contribution >= 0.6 is 31.9 Å². The van der Waals surface area contributed by atoms with Crippen LogP contribution in [0, 0.1) is 6.92 Å². The van der Waals surface area contributed by atoms with Gasteiger partial charge >= 0.3 is 0 Å². The normalized spacial score (nSPS) is 10.7. The van der Waals surface area contributed by atoms with Crippen LogP contribution in [-0.2, 0) is 0 Å². The molecule has 0 atom stereocenters. The van der Waals surface area contributed by atoms with E-state index in [1.54, 1.807) is 0 Å². The van der Waals surface area contributed by atoms with E-state index >= 15 is 0 Å². The van der Waals surface area contributed by atoms with Gasteiger partial charge in [0.15, 0.2) is 0 Å². The molecule has 0 spiro atoms. The number of aryl methyl sites for hydroxylation is 1. The summed E-state index contributed by atoms with van der Waals surface area (Å²) >= 11 is 7.09. The average Bonchev–Trinajstić information content (AvgIpc) is 2.12. The summed E-state index contributed by atoms with van der Waals surface area (Å²) in [6.07, 6.45) is 0. The molecule has 0 amide bonds. The first kappa shape index (κ1) is 9.22.